The second-order valence-corrected chi connectivity index (χ2v) is 8.05. The molecule has 4 fully saturated rings. The van der Waals surface area contributed by atoms with Crippen molar-refractivity contribution in [1.82, 2.24) is 15.5 Å². The number of hydrogen-bond acceptors (Lipinski definition) is 2. The van der Waals surface area contributed by atoms with Gasteiger partial charge in [-0.1, -0.05) is 0 Å². The van der Waals surface area contributed by atoms with Crippen LogP contribution in [0.1, 0.15) is 44.9 Å². The summed E-state index contributed by atoms with van der Waals surface area (Å²) in [6.07, 6.45) is 10.1. The number of likely N-dealkylation sites (tertiary alicyclic amines) is 1. The molecule has 4 rings (SSSR count). The molecular formula is C18H32N4. The molecule has 0 unspecified atom stereocenters. The van der Waals surface area contributed by atoms with E-state index in [-0.39, 0.29) is 0 Å². The van der Waals surface area contributed by atoms with Gasteiger partial charge in [-0.25, -0.2) is 0 Å². The predicted octanol–water partition coefficient (Wildman–Crippen LogP) is 2.07. The smallest absolute Gasteiger partial charge is 0.190 e. The summed E-state index contributed by atoms with van der Waals surface area (Å²) in [4.78, 5) is 7.12. The minimum Gasteiger partial charge on any atom is -0.356 e. The van der Waals surface area contributed by atoms with Crippen LogP contribution in [0.2, 0.25) is 0 Å². The van der Waals surface area contributed by atoms with Gasteiger partial charge in [-0.2, -0.15) is 0 Å². The van der Waals surface area contributed by atoms with Gasteiger partial charge in [-0.05, 0) is 75.2 Å². The molecule has 4 aliphatic rings. The van der Waals surface area contributed by atoms with Crippen molar-refractivity contribution >= 4 is 5.96 Å². The third-order valence-electron chi connectivity index (χ3n) is 6.12. The largest absolute Gasteiger partial charge is 0.356 e. The average Bonchev–Trinajstić information content (AvgIpc) is 3.37. The van der Waals surface area contributed by atoms with Crippen molar-refractivity contribution in [3.8, 4) is 0 Å². The van der Waals surface area contributed by atoms with Crippen LogP contribution in [0.15, 0.2) is 4.99 Å². The average molecular weight is 304 g/mol. The Morgan fingerprint density at radius 3 is 2.36 bits per heavy atom. The lowest BCUT2D eigenvalue weighted by Gasteiger charge is -2.20. The minimum atomic E-state index is 0.807. The van der Waals surface area contributed by atoms with Crippen LogP contribution in [0.4, 0.5) is 0 Å². The Hall–Kier alpha value is -0.770. The molecule has 22 heavy (non-hydrogen) atoms. The number of rotatable bonds is 7. The number of nitrogens with zero attached hydrogens (tertiary/aromatic N) is 2. The van der Waals surface area contributed by atoms with Crippen molar-refractivity contribution in [2.75, 3.05) is 33.2 Å². The second kappa shape index (κ2) is 6.38. The van der Waals surface area contributed by atoms with Gasteiger partial charge in [0.2, 0.25) is 0 Å². The summed E-state index contributed by atoms with van der Waals surface area (Å²) in [5, 5.41) is 7.19. The lowest BCUT2D eigenvalue weighted by molar-refractivity contribution is 0.314. The highest BCUT2D eigenvalue weighted by molar-refractivity contribution is 5.79. The summed E-state index contributed by atoms with van der Waals surface area (Å²) in [5.74, 6) is 4.77. The van der Waals surface area contributed by atoms with Crippen molar-refractivity contribution in [2.24, 2.45) is 28.7 Å². The van der Waals surface area contributed by atoms with Crippen LogP contribution in [-0.4, -0.2) is 50.1 Å². The van der Waals surface area contributed by atoms with E-state index < -0.39 is 0 Å². The molecule has 0 aromatic rings. The van der Waals surface area contributed by atoms with Crippen molar-refractivity contribution in [2.45, 2.75) is 51.0 Å². The van der Waals surface area contributed by atoms with E-state index in [0.29, 0.717) is 0 Å². The first kappa shape index (κ1) is 14.8. The zero-order valence-corrected chi connectivity index (χ0v) is 14.1. The maximum Gasteiger partial charge on any atom is 0.190 e. The van der Waals surface area contributed by atoms with Gasteiger partial charge in [-0.15, -0.1) is 0 Å². The normalized spacial score (nSPS) is 30.1. The molecule has 0 aromatic heterocycles. The molecule has 0 amide bonds. The molecule has 1 saturated heterocycles. The molecule has 0 bridgehead atoms. The summed E-state index contributed by atoms with van der Waals surface area (Å²) >= 11 is 0. The molecule has 0 radical (unpaired) electrons. The highest BCUT2D eigenvalue weighted by atomic mass is 15.2. The highest BCUT2D eigenvalue weighted by Gasteiger charge is 2.41. The van der Waals surface area contributed by atoms with Crippen LogP contribution in [0.25, 0.3) is 0 Å². The first-order chi connectivity index (χ1) is 10.8. The van der Waals surface area contributed by atoms with E-state index in [1.54, 1.807) is 0 Å². The third-order valence-corrected chi connectivity index (χ3v) is 6.12. The zero-order valence-electron chi connectivity index (χ0n) is 14.1. The van der Waals surface area contributed by atoms with Crippen LogP contribution in [0.5, 0.6) is 0 Å². The standard InChI is InChI=1S/C18H32N4/c1-19-18(21-11-17(14-2-3-14)15-4-5-15)20-10-13-8-9-22(12-13)16-6-7-16/h13-17H,2-12H2,1H3,(H2,19,20,21)/t13-/m1/s1. The van der Waals surface area contributed by atoms with Gasteiger partial charge in [0.25, 0.3) is 0 Å². The maximum absolute atomic E-state index is 4.43. The summed E-state index contributed by atoms with van der Waals surface area (Å²) in [7, 11) is 1.91. The fourth-order valence-electron chi connectivity index (χ4n) is 4.24. The van der Waals surface area contributed by atoms with E-state index in [0.717, 1.165) is 48.8 Å². The Morgan fingerprint density at radius 1 is 1.05 bits per heavy atom. The SMILES string of the molecule is CN=C(NCC(C1CC1)C1CC1)NC[C@H]1CCN(C2CC2)C1. The lowest BCUT2D eigenvalue weighted by atomic mass is 9.98. The monoisotopic (exact) mass is 304 g/mol. The van der Waals surface area contributed by atoms with E-state index in [9.17, 15) is 0 Å². The minimum absolute atomic E-state index is 0.807. The van der Waals surface area contributed by atoms with E-state index in [2.05, 4.69) is 20.5 Å². The molecule has 1 aliphatic heterocycles. The molecule has 124 valence electrons. The third kappa shape index (κ3) is 3.76. The maximum atomic E-state index is 4.43. The summed E-state index contributed by atoms with van der Waals surface area (Å²) in [6.45, 7) is 4.82. The fraction of sp³-hybridized carbons (Fsp3) is 0.944. The topological polar surface area (TPSA) is 39.7 Å². The fourth-order valence-corrected chi connectivity index (χ4v) is 4.24. The number of aliphatic imine (C=N–C) groups is 1. The second-order valence-electron chi connectivity index (χ2n) is 8.05. The summed E-state index contributed by atoms with van der Waals surface area (Å²) in [5.41, 5.74) is 0. The van der Waals surface area contributed by atoms with Gasteiger partial charge in [0.1, 0.15) is 0 Å². The van der Waals surface area contributed by atoms with Crippen LogP contribution >= 0.6 is 0 Å². The van der Waals surface area contributed by atoms with E-state index in [4.69, 9.17) is 0 Å². The molecule has 0 spiro atoms. The van der Waals surface area contributed by atoms with E-state index in [1.165, 1.54) is 58.0 Å². The molecule has 3 saturated carbocycles. The Bertz CT molecular complexity index is 397. The Labute approximate surface area is 135 Å². The Balaban J connectivity index is 1.17. The molecule has 0 aromatic carbocycles. The molecule has 1 heterocycles. The molecule has 2 N–H and O–H groups in total. The lowest BCUT2D eigenvalue weighted by Crippen LogP contribution is -2.42. The van der Waals surface area contributed by atoms with Gasteiger partial charge in [0.05, 0.1) is 0 Å². The van der Waals surface area contributed by atoms with Crippen molar-refractivity contribution in [3.05, 3.63) is 0 Å². The van der Waals surface area contributed by atoms with E-state index >= 15 is 0 Å². The summed E-state index contributed by atoms with van der Waals surface area (Å²) in [6, 6.07) is 0.931. The highest BCUT2D eigenvalue weighted by Crippen LogP contribution is 2.48. The van der Waals surface area contributed by atoms with Crippen molar-refractivity contribution < 1.29 is 0 Å². The summed E-state index contributed by atoms with van der Waals surface area (Å²) < 4.78 is 0. The zero-order chi connectivity index (χ0) is 14.9. The quantitative estimate of drug-likeness (QED) is 0.559. The van der Waals surface area contributed by atoms with Crippen molar-refractivity contribution in [1.29, 1.82) is 0 Å². The number of hydrogen-bond donors (Lipinski definition) is 2. The molecule has 1 atom stereocenters. The van der Waals surface area contributed by atoms with Crippen molar-refractivity contribution in [3.63, 3.8) is 0 Å². The first-order valence-corrected chi connectivity index (χ1v) is 9.52. The van der Waals surface area contributed by atoms with Gasteiger partial charge >= 0.3 is 0 Å². The Kier molecular flexibility index (Phi) is 4.29. The molecule has 4 heteroatoms. The van der Waals surface area contributed by atoms with Gasteiger partial charge in [0.15, 0.2) is 5.96 Å². The van der Waals surface area contributed by atoms with E-state index in [1.807, 2.05) is 7.05 Å². The van der Waals surface area contributed by atoms with Crippen LogP contribution in [0.3, 0.4) is 0 Å². The van der Waals surface area contributed by atoms with Crippen LogP contribution < -0.4 is 10.6 Å². The number of guanidine groups is 1. The number of nitrogens with one attached hydrogen (secondary N) is 2. The van der Waals surface area contributed by atoms with Crippen LogP contribution in [-0.2, 0) is 0 Å². The molecule has 3 aliphatic carbocycles. The Morgan fingerprint density at radius 2 is 1.77 bits per heavy atom. The van der Waals surface area contributed by atoms with Gasteiger partial charge in [-0.3, -0.25) is 4.99 Å². The first-order valence-electron chi connectivity index (χ1n) is 9.52. The molecule has 4 nitrogen and oxygen atoms in total. The molecular weight excluding hydrogens is 272 g/mol. The van der Waals surface area contributed by atoms with Gasteiger partial charge in [0, 0.05) is 32.7 Å². The predicted molar refractivity (Wildman–Crippen MR) is 91.0 cm³/mol. The van der Waals surface area contributed by atoms with Gasteiger partial charge < -0.3 is 15.5 Å². The van der Waals surface area contributed by atoms with Crippen LogP contribution in [0, 0.1) is 23.7 Å².